The standard InChI is InChI=1S/C15H14ClFN2OS/c16-13-4-2-1-3-11(13)8-21-9-12-7-10(15(20)19-18)5-6-14(12)17/h1-7H,8-9,18H2,(H,19,20). The largest absolute Gasteiger partial charge is 0.290 e. The van der Waals surface area contributed by atoms with Gasteiger partial charge in [-0.25, -0.2) is 10.2 Å². The molecule has 0 unspecified atom stereocenters. The molecule has 3 N–H and O–H groups in total. The van der Waals surface area contributed by atoms with Gasteiger partial charge in [0.1, 0.15) is 5.82 Å². The minimum Gasteiger partial charge on any atom is -0.290 e. The lowest BCUT2D eigenvalue weighted by molar-refractivity contribution is 0.0953. The number of hydrogen-bond acceptors (Lipinski definition) is 3. The van der Waals surface area contributed by atoms with Crippen molar-refractivity contribution in [2.75, 3.05) is 0 Å². The molecule has 0 radical (unpaired) electrons. The third kappa shape index (κ3) is 4.20. The minimum absolute atomic E-state index is 0.338. The highest BCUT2D eigenvalue weighted by Gasteiger charge is 2.09. The lowest BCUT2D eigenvalue weighted by Crippen LogP contribution is -2.30. The van der Waals surface area contributed by atoms with Gasteiger partial charge in [0.25, 0.3) is 5.91 Å². The van der Waals surface area contributed by atoms with Crippen molar-refractivity contribution in [3.8, 4) is 0 Å². The average molecular weight is 325 g/mol. The van der Waals surface area contributed by atoms with Crippen LogP contribution in [0.25, 0.3) is 0 Å². The van der Waals surface area contributed by atoms with Gasteiger partial charge in [-0.05, 0) is 35.4 Å². The van der Waals surface area contributed by atoms with E-state index in [2.05, 4.69) is 0 Å². The maximum Gasteiger partial charge on any atom is 0.265 e. The molecule has 0 bridgehead atoms. The zero-order valence-corrected chi connectivity index (χ0v) is 12.7. The molecule has 0 aromatic heterocycles. The Balaban J connectivity index is 2.03. The van der Waals surface area contributed by atoms with Crippen LogP contribution in [0.3, 0.4) is 0 Å². The highest BCUT2D eigenvalue weighted by Crippen LogP contribution is 2.24. The Hall–Kier alpha value is -1.56. The summed E-state index contributed by atoms with van der Waals surface area (Å²) in [6.07, 6.45) is 0. The fourth-order valence-corrected chi connectivity index (χ4v) is 3.09. The molecule has 2 aromatic rings. The fourth-order valence-electron chi connectivity index (χ4n) is 1.80. The molecule has 21 heavy (non-hydrogen) atoms. The molecule has 0 fully saturated rings. The van der Waals surface area contributed by atoms with Gasteiger partial charge in [-0.15, -0.1) is 0 Å². The van der Waals surface area contributed by atoms with Crippen molar-refractivity contribution < 1.29 is 9.18 Å². The van der Waals surface area contributed by atoms with Crippen LogP contribution >= 0.6 is 23.4 Å². The lowest BCUT2D eigenvalue weighted by atomic mass is 10.1. The van der Waals surface area contributed by atoms with E-state index in [0.29, 0.717) is 27.7 Å². The molecule has 0 saturated carbocycles. The van der Waals surface area contributed by atoms with Crippen molar-refractivity contribution in [1.29, 1.82) is 0 Å². The Morgan fingerprint density at radius 2 is 1.90 bits per heavy atom. The first kappa shape index (κ1) is 15.8. The predicted molar refractivity (Wildman–Crippen MR) is 84.5 cm³/mol. The number of benzene rings is 2. The summed E-state index contributed by atoms with van der Waals surface area (Å²) >= 11 is 7.60. The highest BCUT2D eigenvalue weighted by molar-refractivity contribution is 7.97. The number of thioether (sulfide) groups is 1. The van der Waals surface area contributed by atoms with E-state index in [0.717, 1.165) is 5.56 Å². The maximum atomic E-state index is 13.7. The van der Waals surface area contributed by atoms with Crippen molar-refractivity contribution in [2.45, 2.75) is 11.5 Å². The second-order valence-electron chi connectivity index (χ2n) is 4.36. The second-order valence-corrected chi connectivity index (χ2v) is 5.76. The highest BCUT2D eigenvalue weighted by atomic mass is 35.5. The summed E-state index contributed by atoms with van der Waals surface area (Å²) in [5.74, 6) is 5.42. The summed E-state index contributed by atoms with van der Waals surface area (Å²) in [5, 5.41) is 0.696. The molecule has 1 amide bonds. The molecule has 110 valence electrons. The number of hydrogen-bond donors (Lipinski definition) is 2. The van der Waals surface area contributed by atoms with Crippen LogP contribution in [0, 0.1) is 5.82 Å². The number of hydrazine groups is 1. The summed E-state index contributed by atoms with van der Waals surface area (Å²) in [4.78, 5) is 11.4. The fraction of sp³-hybridized carbons (Fsp3) is 0.133. The van der Waals surface area contributed by atoms with Crippen molar-refractivity contribution in [3.63, 3.8) is 0 Å². The van der Waals surface area contributed by atoms with E-state index in [1.165, 1.54) is 30.0 Å². The van der Waals surface area contributed by atoms with Crippen molar-refractivity contribution >= 4 is 29.3 Å². The van der Waals surface area contributed by atoms with Gasteiger partial charge >= 0.3 is 0 Å². The number of halogens is 2. The van der Waals surface area contributed by atoms with Gasteiger partial charge in [0, 0.05) is 22.1 Å². The summed E-state index contributed by atoms with van der Waals surface area (Å²) in [7, 11) is 0. The first-order chi connectivity index (χ1) is 10.1. The van der Waals surface area contributed by atoms with Crippen LogP contribution in [0.15, 0.2) is 42.5 Å². The summed E-state index contributed by atoms with van der Waals surface area (Å²) in [6.45, 7) is 0. The van der Waals surface area contributed by atoms with Gasteiger partial charge in [0.2, 0.25) is 0 Å². The molecular formula is C15H14ClFN2OS. The van der Waals surface area contributed by atoms with Crippen LogP contribution in [0.2, 0.25) is 5.02 Å². The van der Waals surface area contributed by atoms with E-state index < -0.39 is 5.91 Å². The van der Waals surface area contributed by atoms with Crippen LogP contribution in [0.1, 0.15) is 21.5 Å². The Labute approximate surface area is 131 Å². The average Bonchev–Trinajstić information content (AvgIpc) is 2.50. The first-order valence-electron chi connectivity index (χ1n) is 6.22. The molecule has 0 saturated heterocycles. The predicted octanol–water partition coefficient (Wildman–Crippen LogP) is 3.52. The third-order valence-electron chi connectivity index (χ3n) is 2.91. The van der Waals surface area contributed by atoms with Gasteiger partial charge < -0.3 is 0 Å². The smallest absolute Gasteiger partial charge is 0.265 e. The van der Waals surface area contributed by atoms with Gasteiger partial charge in [-0.3, -0.25) is 10.2 Å². The maximum absolute atomic E-state index is 13.7. The molecule has 0 aliphatic carbocycles. The number of nitrogen functional groups attached to an aromatic ring is 1. The summed E-state index contributed by atoms with van der Waals surface area (Å²) in [5.41, 5.74) is 3.84. The summed E-state index contributed by atoms with van der Waals surface area (Å²) in [6, 6.07) is 11.7. The normalized spacial score (nSPS) is 10.4. The second kappa shape index (κ2) is 7.45. The van der Waals surface area contributed by atoms with E-state index >= 15 is 0 Å². The molecule has 0 aliphatic rings. The van der Waals surface area contributed by atoms with Gasteiger partial charge in [-0.1, -0.05) is 29.8 Å². The SMILES string of the molecule is NNC(=O)c1ccc(F)c(CSCc2ccccc2Cl)c1. The minimum atomic E-state index is -0.438. The summed E-state index contributed by atoms with van der Waals surface area (Å²) < 4.78 is 13.7. The van der Waals surface area contributed by atoms with E-state index in [1.54, 1.807) is 0 Å². The van der Waals surface area contributed by atoms with Gasteiger partial charge in [-0.2, -0.15) is 11.8 Å². The number of amides is 1. The Morgan fingerprint density at radius 1 is 1.19 bits per heavy atom. The van der Waals surface area contributed by atoms with Crippen LogP contribution in [-0.2, 0) is 11.5 Å². The molecule has 3 nitrogen and oxygen atoms in total. The first-order valence-corrected chi connectivity index (χ1v) is 7.75. The molecule has 0 aliphatic heterocycles. The Bertz CT molecular complexity index is 651. The van der Waals surface area contributed by atoms with Crippen LogP contribution in [0.4, 0.5) is 4.39 Å². The zero-order chi connectivity index (χ0) is 15.2. The van der Waals surface area contributed by atoms with Crippen molar-refractivity contribution in [2.24, 2.45) is 5.84 Å². The zero-order valence-electron chi connectivity index (χ0n) is 11.1. The number of nitrogens with one attached hydrogen (secondary N) is 1. The van der Waals surface area contributed by atoms with Gasteiger partial charge in [0.15, 0.2) is 0 Å². The Morgan fingerprint density at radius 3 is 2.62 bits per heavy atom. The topological polar surface area (TPSA) is 55.1 Å². The third-order valence-corrected chi connectivity index (χ3v) is 4.31. The number of rotatable bonds is 5. The van der Waals surface area contributed by atoms with Crippen molar-refractivity contribution in [1.82, 2.24) is 5.43 Å². The van der Waals surface area contributed by atoms with E-state index in [9.17, 15) is 9.18 Å². The van der Waals surface area contributed by atoms with Crippen LogP contribution in [-0.4, -0.2) is 5.91 Å². The number of carbonyl (C=O) groups is 1. The molecule has 2 rings (SSSR count). The van der Waals surface area contributed by atoms with Crippen LogP contribution in [0.5, 0.6) is 0 Å². The lowest BCUT2D eigenvalue weighted by Gasteiger charge is -2.07. The number of nitrogens with two attached hydrogens (primary N) is 1. The quantitative estimate of drug-likeness (QED) is 0.502. The van der Waals surface area contributed by atoms with E-state index in [4.69, 9.17) is 17.4 Å². The van der Waals surface area contributed by atoms with E-state index in [1.807, 2.05) is 29.7 Å². The van der Waals surface area contributed by atoms with E-state index in [-0.39, 0.29) is 5.82 Å². The Kier molecular flexibility index (Phi) is 5.61. The molecular weight excluding hydrogens is 311 g/mol. The van der Waals surface area contributed by atoms with Gasteiger partial charge in [0.05, 0.1) is 0 Å². The molecule has 6 heteroatoms. The molecule has 0 spiro atoms. The molecule has 0 atom stereocenters. The van der Waals surface area contributed by atoms with Crippen molar-refractivity contribution in [3.05, 3.63) is 70.0 Å². The molecule has 2 aromatic carbocycles. The molecule has 0 heterocycles. The number of carbonyl (C=O) groups excluding carboxylic acids is 1. The monoisotopic (exact) mass is 324 g/mol. The van der Waals surface area contributed by atoms with Crippen LogP contribution < -0.4 is 11.3 Å².